The van der Waals surface area contributed by atoms with E-state index in [2.05, 4.69) is 0 Å². The molecule has 1 atom stereocenters. The average Bonchev–Trinajstić information content (AvgIpc) is 3.09. The molecule has 1 N–H and O–H groups in total. The van der Waals surface area contributed by atoms with Gasteiger partial charge in [0.25, 0.3) is 11.7 Å². The van der Waals surface area contributed by atoms with Crippen molar-refractivity contribution >= 4 is 34.7 Å². The number of carbonyl (C=O) groups excluding carboxylic acids is 2. The maximum Gasteiger partial charge on any atom is 0.416 e. The van der Waals surface area contributed by atoms with Gasteiger partial charge in [0.2, 0.25) is 0 Å². The lowest BCUT2D eigenvalue weighted by molar-refractivity contribution is -0.137. The fraction of sp³-hybridized carbons (Fsp3) is 0.154. The molecular weight excluding hydrogens is 483 g/mol. The number of alkyl halides is 3. The summed E-state index contributed by atoms with van der Waals surface area (Å²) in [6.45, 7) is 1.74. The lowest BCUT2D eigenvalue weighted by Crippen LogP contribution is -2.30. The molecule has 0 bridgehead atoms. The number of halogens is 4. The molecule has 35 heavy (non-hydrogen) atoms. The highest BCUT2D eigenvalue weighted by Crippen LogP contribution is 2.45. The van der Waals surface area contributed by atoms with Gasteiger partial charge in [0.1, 0.15) is 11.5 Å². The van der Waals surface area contributed by atoms with Crippen molar-refractivity contribution in [3.63, 3.8) is 0 Å². The Balaban J connectivity index is 2.00. The van der Waals surface area contributed by atoms with E-state index in [9.17, 15) is 27.9 Å². The lowest BCUT2D eigenvalue weighted by atomic mass is 9.92. The lowest BCUT2D eigenvalue weighted by Gasteiger charge is -2.27. The van der Waals surface area contributed by atoms with Crippen molar-refractivity contribution < 1.29 is 32.6 Å². The molecule has 1 aliphatic heterocycles. The van der Waals surface area contributed by atoms with Gasteiger partial charge in [-0.25, -0.2) is 0 Å². The Hall–Kier alpha value is -3.78. The van der Waals surface area contributed by atoms with E-state index >= 15 is 0 Å². The highest BCUT2D eigenvalue weighted by molar-refractivity contribution is 6.52. The van der Waals surface area contributed by atoms with Gasteiger partial charge in [0.05, 0.1) is 29.3 Å². The van der Waals surface area contributed by atoms with Crippen LogP contribution in [0.3, 0.4) is 0 Å². The molecular formula is C26H19ClF3NO4. The third-order valence-corrected chi connectivity index (χ3v) is 6.14. The van der Waals surface area contributed by atoms with E-state index in [0.717, 1.165) is 23.1 Å². The van der Waals surface area contributed by atoms with Crippen molar-refractivity contribution in [1.82, 2.24) is 0 Å². The van der Waals surface area contributed by atoms with Crippen molar-refractivity contribution in [2.24, 2.45) is 0 Å². The minimum atomic E-state index is -4.66. The van der Waals surface area contributed by atoms with Crippen molar-refractivity contribution in [3.8, 4) is 5.75 Å². The zero-order valence-corrected chi connectivity index (χ0v) is 19.3. The third-order valence-electron chi connectivity index (χ3n) is 5.81. The number of methoxy groups -OCH3 is 1. The van der Waals surface area contributed by atoms with Crippen LogP contribution < -0.4 is 9.64 Å². The number of aryl methyl sites for hydroxylation is 1. The zero-order valence-electron chi connectivity index (χ0n) is 18.6. The monoisotopic (exact) mass is 501 g/mol. The topological polar surface area (TPSA) is 66.8 Å². The first-order chi connectivity index (χ1) is 16.5. The number of benzene rings is 3. The molecule has 1 aliphatic rings. The Morgan fingerprint density at radius 3 is 2.40 bits per heavy atom. The van der Waals surface area contributed by atoms with Crippen LogP contribution >= 0.6 is 11.6 Å². The van der Waals surface area contributed by atoms with Crippen LogP contribution in [0.25, 0.3) is 5.76 Å². The summed E-state index contributed by atoms with van der Waals surface area (Å²) in [6.07, 6.45) is -4.66. The molecule has 1 saturated heterocycles. The Labute approximate surface area is 204 Å². The van der Waals surface area contributed by atoms with Crippen molar-refractivity contribution in [2.45, 2.75) is 19.1 Å². The van der Waals surface area contributed by atoms with Gasteiger partial charge in [-0.05, 0) is 54.4 Å². The number of carbonyl (C=O) groups is 2. The molecule has 4 rings (SSSR count). The van der Waals surface area contributed by atoms with Gasteiger partial charge in [-0.3, -0.25) is 14.5 Å². The van der Waals surface area contributed by atoms with Crippen LogP contribution in [0, 0.1) is 6.92 Å². The molecule has 0 spiro atoms. The number of aliphatic hydroxyl groups is 1. The molecule has 1 unspecified atom stereocenters. The van der Waals surface area contributed by atoms with E-state index in [1.165, 1.54) is 25.3 Å². The Morgan fingerprint density at radius 1 is 1.03 bits per heavy atom. The predicted molar refractivity (Wildman–Crippen MR) is 125 cm³/mol. The maximum atomic E-state index is 13.4. The van der Waals surface area contributed by atoms with Crippen LogP contribution in [0.1, 0.15) is 28.3 Å². The number of ketones is 1. The first-order valence-electron chi connectivity index (χ1n) is 10.4. The SMILES string of the molecule is COc1ccc(Cl)c(/C(O)=C2\C(=O)C(=O)N(c3cccc(C(F)(F)F)c3)C2c2ccccc2C)c1. The van der Waals surface area contributed by atoms with Gasteiger partial charge in [0, 0.05) is 11.3 Å². The smallest absolute Gasteiger partial charge is 0.416 e. The number of hydrogen-bond acceptors (Lipinski definition) is 4. The molecule has 1 amide bonds. The highest BCUT2D eigenvalue weighted by Gasteiger charge is 2.48. The molecule has 0 radical (unpaired) electrons. The Kier molecular flexibility index (Phi) is 6.34. The van der Waals surface area contributed by atoms with E-state index in [4.69, 9.17) is 16.3 Å². The van der Waals surface area contributed by atoms with E-state index < -0.39 is 35.2 Å². The summed E-state index contributed by atoms with van der Waals surface area (Å²) in [7, 11) is 1.41. The Morgan fingerprint density at radius 2 is 1.74 bits per heavy atom. The summed E-state index contributed by atoms with van der Waals surface area (Å²) < 4.78 is 45.4. The van der Waals surface area contributed by atoms with Gasteiger partial charge < -0.3 is 9.84 Å². The van der Waals surface area contributed by atoms with Crippen molar-refractivity contribution in [3.05, 3.63) is 99.6 Å². The number of anilines is 1. The molecule has 9 heteroatoms. The first kappa shape index (κ1) is 24.3. The molecule has 0 aliphatic carbocycles. The number of hydrogen-bond donors (Lipinski definition) is 1. The van der Waals surface area contributed by atoms with Crippen LogP contribution in [0.2, 0.25) is 5.02 Å². The largest absolute Gasteiger partial charge is 0.507 e. The number of nitrogens with zero attached hydrogens (tertiary/aromatic N) is 1. The quantitative estimate of drug-likeness (QED) is 0.259. The Bertz CT molecular complexity index is 1370. The van der Waals surface area contributed by atoms with Gasteiger partial charge in [-0.1, -0.05) is 41.9 Å². The molecule has 3 aromatic carbocycles. The van der Waals surface area contributed by atoms with E-state index in [0.29, 0.717) is 16.9 Å². The molecule has 5 nitrogen and oxygen atoms in total. The van der Waals surface area contributed by atoms with E-state index in [-0.39, 0.29) is 21.8 Å². The minimum Gasteiger partial charge on any atom is -0.507 e. The number of rotatable bonds is 4. The molecule has 3 aromatic rings. The predicted octanol–water partition coefficient (Wildman–Crippen LogP) is 6.30. The zero-order chi connectivity index (χ0) is 25.5. The maximum absolute atomic E-state index is 13.4. The van der Waals surface area contributed by atoms with Gasteiger partial charge in [-0.15, -0.1) is 0 Å². The fourth-order valence-electron chi connectivity index (χ4n) is 4.08. The first-order valence-corrected chi connectivity index (χ1v) is 10.8. The van der Waals surface area contributed by atoms with Gasteiger partial charge in [0.15, 0.2) is 0 Å². The number of aliphatic hydroxyl groups excluding tert-OH is 1. The average molecular weight is 502 g/mol. The third kappa shape index (κ3) is 4.37. The number of amides is 1. The second-order valence-corrected chi connectivity index (χ2v) is 8.33. The number of Topliss-reactive ketones (excluding diaryl/α,β-unsaturated/α-hetero) is 1. The van der Waals surface area contributed by atoms with Crippen molar-refractivity contribution in [2.75, 3.05) is 12.0 Å². The van der Waals surface area contributed by atoms with Crippen LogP contribution in [0.5, 0.6) is 5.75 Å². The highest BCUT2D eigenvalue weighted by atomic mass is 35.5. The fourth-order valence-corrected chi connectivity index (χ4v) is 4.28. The molecule has 0 aromatic heterocycles. The minimum absolute atomic E-state index is 0.0478. The summed E-state index contributed by atoms with van der Waals surface area (Å²) in [5.41, 5.74) is -0.227. The summed E-state index contributed by atoms with van der Waals surface area (Å²) >= 11 is 6.28. The standard InChI is InChI=1S/C26H19ClF3NO4/c1-14-6-3-4-9-18(14)22-21(23(32)19-13-17(35-2)10-11-20(19)27)24(33)25(34)31(22)16-8-5-7-15(12-16)26(28,29)30/h3-13,22,32H,1-2H3/b23-21+. The summed E-state index contributed by atoms with van der Waals surface area (Å²) in [4.78, 5) is 27.4. The molecule has 0 saturated carbocycles. The van der Waals surface area contributed by atoms with Crippen LogP contribution in [0.4, 0.5) is 18.9 Å². The van der Waals surface area contributed by atoms with Crippen LogP contribution in [-0.4, -0.2) is 23.9 Å². The summed E-state index contributed by atoms with van der Waals surface area (Å²) in [5, 5.41) is 11.3. The second-order valence-electron chi connectivity index (χ2n) is 7.92. The van der Waals surface area contributed by atoms with Crippen LogP contribution in [0.15, 0.2) is 72.3 Å². The normalized spacial score (nSPS) is 17.7. The summed E-state index contributed by atoms with van der Waals surface area (Å²) in [5.74, 6) is -2.34. The molecule has 1 heterocycles. The molecule has 1 fully saturated rings. The van der Waals surface area contributed by atoms with E-state index in [1.807, 2.05) is 0 Å². The summed E-state index contributed by atoms with van der Waals surface area (Å²) in [6, 6.07) is 14.2. The van der Waals surface area contributed by atoms with Gasteiger partial charge in [-0.2, -0.15) is 13.2 Å². The van der Waals surface area contributed by atoms with E-state index in [1.54, 1.807) is 37.3 Å². The molecule has 180 valence electrons. The van der Waals surface area contributed by atoms with Crippen molar-refractivity contribution in [1.29, 1.82) is 0 Å². The van der Waals surface area contributed by atoms with Gasteiger partial charge >= 0.3 is 6.18 Å². The second kappa shape index (κ2) is 9.11. The number of ether oxygens (including phenoxy) is 1. The van der Waals surface area contributed by atoms with Crippen LogP contribution in [-0.2, 0) is 15.8 Å².